The number of carbonyl (C=O) groups excluding carboxylic acids is 1. The maximum absolute atomic E-state index is 13.5. The van der Waals surface area contributed by atoms with Crippen molar-refractivity contribution in [2.75, 3.05) is 12.3 Å². The average molecular weight is 444 g/mol. The van der Waals surface area contributed by atoms with Crippen LogP contribution in [-0.4, -0.2) is 27.3 Å². The lowest BCUT2D eigenvalue weighted by molar-refractivity contribution is -0.118. The molecular formula is C23H23F3N4O2. The number of anilines is 1. The number of alkyl halides is 2. The molecule has 168 valence electrons. The van der Waals surface area contributed by atoms with E-state index in [9.17, 15) is 18.0 Å². The standard InChI is InChI=1S/C23H23F3N4O2/c1-3-17(31)5-4-10-32-22-19(15-11-13(2)28-18(12-15)21(25)26)20(29-23(27)30-22)14-6-8-16(24)9-7-14/h6-9,11-12,21H,3-5,10H2,1-2H3,(H2,27,29,30). The smallest absolute Gasteiger partial charge is 0.280 e. The summed E-state index contributed by atoms with van der Waals surface area (Å²) in [5, 5.41) is 0. The molecule has 0 saturated heterocycles. The fraction of sp³-hybridized carbons (Fsp3) is 0.304. The number of benzene rings is 1. The summed E-state index contributed by atoms with van der Waals surface area (Å²) in [4.78, 5) is 23.9. The van der Waals surface area contributed by atoms with E-state index in [0.717, 1.165) is 0 Å². The highest BCUT2D eigenvalue weighted by Crippen LogP contribution is 2.39. The number of hydrogen-bond donors (Lipinski definition) is 1. The molecule has 0 saturated carbocycles. The SMILES string of the molecule is CCC(=O)CCCOc1nc(N)nc(-c2ccc(F)cc2)c1-c1cc(C)nc(C(F)F)c1. The van der Waals surface area contributed by atoms with Crippen molar-refractivity contribution in [3.63, 3.8) is 0 Å². The van der Waals surface area contributed by atoms with Gasteiger partial charge in [0.15, 0.2) is 0 Å². The van der Waals surface area contributed by atoms with Crippen LogP contribution in [0, 0.1) is 12.7 Å². The number of nitrogen functional groups attached to an aromatic ring is 1. The second-order valence-electron chi connectivity index (χ2n) is 7.18. The van der Waals surface area contributed by atoms with Gasteiger partial charge in [-0.3, -0.25) is 9.78 Å². The van der Waals surface area contributed by atoms with E-state index in [-0.39, 0.29) is 24.2 Å². The van der Waals surface area contributed by atoms with E-state index in [1.54, 1.807) is 19.9 Å². The monoisotopic (exact) mass is 444 g/mol. The lowest BCUT2D eigenvalue weighted by Gasteiger charge is -2.16. The number of nitrogens with zero attached hydrogens (tertiary/aromatic N) is 3. The number of carbonyl (C=O) groups is 1. The van der Waals surface area contributed by atoms with Gasteiger partial charge >= 0.3 is 0 Å². The predicted octanol–water partition coefficient (Wildman–Crippen LogP) is 5.31. The van der Waals surface area contributed by atoms with Crippen LogP contribution < -0.4 is 10.5 Å². The van der Waals surface area contributed by atoms with Crippen LogP contribution in [0.2, 0.25) is 0 Å². The van der Waals surface area contributed by atoms with Crippen LogP contribution in [-0.2, 0) is 4.79 Å². The van der Waals surface area contributed by atoms with E-state index in [2.05, 4.69) is 15.0 Å². The zero-order chi connectivity index (χ0) is 23.3. The second-order valence-corrected chi connectivity index (χ2v) is 7.18. The molecule has 6 nitrogen and oxygen atoms in total. The van der Waals surface area contributed by atoms with Crippen LogP contribution in [0.15, 0.2) is 36.4 Å². The van der Waals surface area contributed by atoms with Crippen LogP contribution in [0.4, 0.5) is 19.1 Å². The van der Waals surface area contributed by atoms with Gasteiger partial charge in [-0.2, -0.15) is 4.98 Å². The Morgan fingerprint density at radius 1 is 1.09 bits per heavy atom. The molecule has 2 aromatic heterocycles. The van der Waals surface area contributed by atoms with Gasteiger partial charge in [-0.15, -0.1) is 0 Å². The third kappa shape index (κ3) is 5.60. The van der Waals surface area contributed by atoms with Crippen molar-refractivity contribution in [3.05, 3.63) is 53.6 Å². The zero-order valence-corrected chi connectivity index (χ0v) is 17.7. The lowest BCUT2D eigenvalue weighted by atomic mass is 9.99. The summed E-state index contributed by atoms with van der Waals surface area (Å²) >= 11 is 0. The highest BCUT2D eigenvalue weighted by molar-refractivity contribution is 5.85. The normalized spacial score (nSPS) is 11.1. The first-order valence-electron chi connectivity index (χ1n) is 10.1. The van der Waals surface area contributed by atoms with Crippen molar-refractivity contribution in [1.82, 2.24) is 15.0 Å². The van der Waals surface area contributed by atoms with E-state index < -0.39 is 17.9 Å². The van der Waals surface area contributed by atoms with Crippen LogP contribution in [0.1, 0.15) is 44.0 Å². The Bertz CT molecular complexity index is 1110. The minimum absolute atomic E-state index is 0.0894. The largest absolute Gasteiger partial charge is 0.477 e. The van der Waals surface area contributed by atoms with Gasteiger partial charge in [0.05, 0.1) is 17.9 Å². The Kier molecular flexibility index (Phi) is 7.40. The number of pyridine rings is 1. The van der Waals surface area contributed by atoms with E-state index in [0.29, 0.717) is 47.3 Å². The predicted molar refractivity (Wildman–Crippen MR) is 115 cm³/mol. The number of halogens is 3. The molecule has 0 bridgehead atoms. The average Bonchev–Trinajstić information content (AvgIpc) is 2.76. The zero-order valence-electron chi connectivity index (χ0n) is 17.7. The van der Waals surface area contributed by atoms with E-state index in [1.807, 2.05) is 0 Å². The van der Waals surface area contributed by atoms with Gasteiger partial charge in [0, 0.05) is 24.1 Å². The maximum atomic E-state index is 13.5. The van der Waals surface area contributed by atoms with Gasteiger partial charge in [0.25, 0.3) is 6.43 Å². The molecule has 0 aliphatic carbocycles. The molecule has 3 rings (SSSR count). The molecular weight excluding hydrogens is 421 g/mol. The van der Waals surface area contributed by atoms with Gasteiger partial charge in [-0.1, -0.05) is 6.92 Å². The van der Waals surface area contributed by atoms with Crippen molar-refractivity contribution >= 4 is 11.7 Å². The number of nitrogens with two attached hydrogens (primary N) is 1. The number of rotatable bonds is 9. The van der Waals surface area contributed by atoms with Crippen LogP contribution in [0.5, 0.6) is 5.88 Å². The Hall–Kier alpha value is -3.49. The molecule has 0 spiro atoms. The number of ether oxygens (including phenoxy) is 1. The minimum atomic E-state index is -2.78. The highest BCUT2D eigenvalue weighted by Gasteiger charge is 2.21. The third-order valence-electron chi connectivity index (χ3n) is 4.73. The minimum Gasteiger partial charge on any atom is -0.477 e. The van der Waals surface area contributed by atoms with Crippen molar-refractivity contribution < 1.29 is 22.7 Å². The molecule has 0 unspecified atom stereocenters. The fourth-order valence-electron chi connectivity index (χ4n) is 3.20. The van der Waals surface area contributed by atoms with Gasteiger partial charge in [0.1, 0.15) is 17.3 Å². The molecule has 2 heterocycles. The molecule has 0 aliphatic rings. The van der Waals surface area contributed by atoms with E-state index in [4.69, 9.17) is 10.5 Å². The molecule has 0 radical (unpaired) electrons. The molecule has 0 fully saturated rings. The molecule has 0 aliphatic heterocycles. The highest BCUT2D eigenvalue weighted by atomic mass is 19.3. The van der Waals surface area contributed by atoms with Crippen LogP contribution in [0.3, 0.4) is 0 Å². The van der Waals surface area contributed by atoms with Gasteiger partial charge < -0.3 is 10.5 Å². The molecule has 2 N–H and O–H groups in total. The van der Waals surface area contributed by atoms with Gasteiger partial charge in [-0.05, 0) is 55.3 Å². The number of Topliss-reactive ketones (excluding diaryl/α,β-unsaturated/α-hetero) is 1. The maximum Gasteiger partial charge on any atom is 0.280 e. The molecule has 9 heteroatoms. The molecule has 0 atom stereocenters. The summed E-state index contributed by atoms with van der Waals surface area (Å²) in [5.41, 5.74) is 7.38. The van der Waals surface area contributed by atoms with Crippen molar-refractivity contribution in [1.29, 1.82) is 0 Å². The number of ketones is 1. The molecule has 1 aromatic carbocycles. The Morgan fingerprint density at radius 3 is 2.47 bits per heavy atom. The van der Waals surface area contributed by atoms with Crippen molar-refractivity contribution in [3.8, 4) is 28.3 Å². The first-order valence-corrected chi connectivity index (χ1v) is 10.1. The second kappa shape index (κ2) is 10.2. The molecule has 3 aromatic rings. The summed E-state index contributed by atoms with van der Waals surface area (Å²) < 4.78 is 46.1. The van der Waals surface area contributed by atoms with Gasteiger partial charge in [-0.25, -0.2) is 18.2 Å². The number of aromatic nitrogens is 3. The van der Waals surface area contributed by atoms with Crippen LogP contribution in [0.25, 0.3) is 22.4 Å². The number of hydrogen-bond acceptors (Lipinski definition) is 6. The summed E-state index contributed by atoms with van der Waals surface area (Å²) in [6.07, 6.45) is -1.53. The summed E-state index contributed by atoms with van der Waals surface area (Å²) in [5.74, 6) is -0.331. The first kappa shape index (κ1) is 23.2. The third-order valence-corrected chi connectivity index (χ3v) is 4.73. The summed E-state index contributed by atoms with van der Waals surface area (Å²) in [6, 6.07) is 8.39. The van der Waals surface area contributed by atoms with Gasteiger partial charge in [0.2, 0.25) is 11.8 Å². The fourth-order valence-corrected chi connectivity index (χ4v) is 3.20. The quantitative estimate of drug-likeness (QED) is 0.450. The van der Waals surface area contributed by atoms with Crippen molar-refractivity contribution in [2.24, 2.45) is 0 Å². The number of aryl methyl sites for hydroxylation is 1. The Labute approximate surface area is 183 Å². The molecule has 0 amide bonds. The summed E-state index contributed by atoms with van der Waals surface area (Å²) in [7, 11) is 0. The van der Waals surface area contributed by atoms with Crippen LogP contribution >= 0.6 is 0 Å². The first-order chi connectivity index (χ1) is 15.3. The summed E-state index contributed by atoms with van der Waals surface area (Å²) in [6.45, 7) is 3.56. The lowest BCUT2D eigenvalue weighted by Crippen LogP contribution is -2.08. The topological polar surface area (TPSA) is 91.0 Å². The van der Waals surface area contributed by atoms with E-state index >= 15 is 0 Å². The Balaban J connectivity index is 2.12. The van der Waals surface area contributed by atoms with Crippen molar-refractivity contribution in [2.45, 2.75) is 39.5 Å². The molecule has 32 heavy (non-hydrogen) atoms. The Morgan fingerprint density at radius 2 is 1.81 bits per heavy atom. The van der Waals surface area contributed by atoms with E-state index in [1.165, 1.54) is 30.3 Å².